The van der Waals surface area contributed by atoms with Crippen LogP contribution in [0.1, 0.15) is 56.7 Å². The molecule has 0 aliphatic heterocycles. The van der Waals surface area contributed by atoms with Crippen molar-refractivity contribution in [2.75, 3.05) is 6.67 Å². The Bertz CT molecular complexity index is 272. The summed E-state index contributed by atoms with van der Waals surface area (Å²) in [6.07, 6.45) is 5.57. The minimum Gasteiger partial charge on any atom is -0.251 e. The fourth-order valence-electron chi connectivity index (χ4n) is 1.95. The Kier molecular flexibility index (Phi) is 7.61. The predicted molar refractivity (Wildman–Crippen MR) is 68.6 cm³/mol. The van der Waals surface area contributed by atoms with E-state index in [9.17, 15) is 8.78 Å². The molecule has 1 unspecified atom stereocenters. The molecule has 96 valence electrons. The van der Waals surface area contributed by atoms with E-state index in [0.29, 0.717) is 12.8 Å². The highest BCUT2D eigenvalue weighted by Crippen LogP contribution is 2.23. The summed E-state index contributed by atoms with van der Waals surface area (Å²) in [7, 11) is 0. The van der Waals surface area contributed by atoms with Gasteiger partial charge in [0.1, 0.15) is 6.17 Å². The Hall–Kier alpha value is -0.920. The van der Waals surface area contributed by atoms with Gasteiger partial charge in [0, 0.05) is 0 Å². The molecule has 0 saturated carbocycles. The van der Waals surface area contributed by atoms with Gasteiger partial charge in [0.2, 0.25) is 0 Å². The van der Waals surface area contributed by atoms with E-state index in [1.807, 2.05) is 30.3 Å². The van der Waals surface area contributed by atoms with Crippen LogP contribution in [0, 0.1) is 0 Å². The smallest absolute Gasteiger partial charge is 0.125 e. The van der Waals surface area contributed by atoms with Gasteiger partial charge in [-0.15, -0.1) is 0 Å². The van der Waals surface area contributed by atoms with E-state index in [4.69, 9.17) is 0 Å². The van der Waals surface area contributed by atoms with E-state index in [1.165, 1.54) is 0 Å². The van der Waals surface area contributed by atoms with Crippen molar-refractivity contribution in [3.05, 3.63) is 35.9 Å². The zero-order valence-electron chi connectivity index (χ0n) is 10.4. The lowest BCUT2D eigenvalue weighted by Gasteiger charge is -2.08. The number of rotatable bonds is 9. The maximum Gasteiger partial charge on any atom is 0.125 e. The average molecular weight is 240 g/mol. The van der Waals surface area contributed by atoms with Gasteiger partial charge in [0.15, 0.2) is 0 Å². The summed E-state index contributed by atoms with van der Waals surface area (Å²) in [6.45, 7) is -0.208. The SMILES string of the molecule is FCCCCCCCCC(F)c1ccccc1. The molecule has 1 atom stereocenters. The summed E-state index contributed by atoms with van der Waals surface area (Å²) in [6, 6.07) is 9.33. The zero-order chi connectivity index (χ0) is 12.3. The van der Waals surface area contributed by atoms with E-state index >= 15 is 0 Å². The van der Waals surface area contributed by atoms with Gasteiger partial charge in [0.25, 0.3) is 0 Å². The number of halogens is 2. The molecule has 0 spiro atoms. The summed E-state index contributed by atoms with van der Waals surface area (Å²) in [4.78, 5) is 0. The fraction of sp³-hybridized carbons (Fsp3) is 0.600. The molecule has 0 heterocycles. The second-order valence-electron chi connectivity index (χ2n) is 4.48. The minimum absolute atomic E-state index is 0.208. The molecule has 0 bridgehead atoms. The van der Waals surface area contributed by atoms with Crippen molar-refractivity contribution in [3.8, 4) is 0 Å². The van der Waals surface area contributed by atoms with Gasteiger partial charge >= 0.3 is 0 Å². The molecule has 1 rings (SSSR count). The van der Waals surface area contributed by atoms with E-state index in [-0.39, 0.29) is 6.67 Å². The molecule has 0 radical (unpaired) electrons. The molecular weight excluding hydrogens is 218 g/mol. The maximum absolute atomic E-state index is 13.7. The number of benzene rings is 1. The largest absolute Gasteiger partial charge is 0.251 e. The van der Waals surface area contributed by atoms with Crippen LogP contribution in [-0.2, 0) is 0 Å². The van der Waals surface area contributed by atoms with E-state index in [0.717, 1.165) is 37.7 Å². The Labute approximate surface area is 103 Å². The molecule has 2 heteroatoms. The lowest BCUT2D eigenvalue weighted by Crippen LogP contribution is -1.91. The molecule has 0 N–H and O–H groups in total. The summed E-state index contributed by atoms with van der Waals surface area (Å²) >= 11 is 0. The first-order valence-electron chi connectivity index (χ1n) is 6.59. The lowest BCUT2D eigenvalue weighted by atomic mass is 10.0. The first kappa shape index (κ1) is 14.1. The molecule has 0 amide bonds. The summed E-state index contributed by atoms with van der Waals surface area (Å²) in [5.74, 6) is 0. The lowest BCUT2D eigenvalue weighted by molar-refractivity contribution is 0.312. The van der Waals surface area contributed by atoms with Gasteiger partial charge < -0.3 is 0 Å². The van der Waals surface area contributed by atoms with Gasteiger partial charge in [-0.25, -0.2) is 4.39 Å². The van der Waals surface area contributed by atoms with Gasteiger partial charge in [-0.1, -0.05) is 62.4 Å². The topological polar surface area (TPSA) is 0 Å². The van der Waals surface area contributed by atoms with E-state index in [1.54, 1.807) is 0 Å². The maximum atomic E-state index is 13.7. The molecular formula is C15H22F2. The van der Waals surface area contributed by atoms with Crippen molar-refractivity contribution in [2.24, 2.45) is 0 Å². The Balaban J connectivity index is 2.03. The van der Waals surface area contributed by atoms with Crippen LogP contribution in [0.4, 0.5) is 8.78 Å². The highest BCUT2D eigenvalue weighted by molar-refractivity contribution is 5.17. The third-order valence-corrected chi connectivity index (χ3v) is 3.00. The second-order valence-corrected chi connectivity index (χ2v) is 4.48. The van der Waals surface area contributed by atoms with Gasteiger partial charge in [-0.3, -0.25) is 4.39 Å². The van der Waals surface area contributed by atoms with Crippen molar-refractivity contribution in [1.82, 2.24) is 0 Å². The highest BCUT2D eigenvalue weighted by atomic mass is 19.1. The molecule has 0 saturated heterocycles. The van der Waals surface area contributed by atoms with Crippen LogP contribution >= 0.6 is 0 Å². The molecule has 1 aromatic rings. The summed E-state index contributed by atoms with van der Waals surface area (Å²) in [5, 5.41) is 0. The minimum atomic E-state index is -0.831. The van der Waals surface area contributed by atoms with Gasteiger partial charge in [0.05, 0.1) is 6.67 Å². The van der Waals surface area contributed by atoms with Crippen molar-refractivity contribution < 1.29 is 8.78 Å². The predicted octanol–water partition coefficient (Wildman–Crippen LogP) is 5.40. The van der Waals surface area contributed by atoms with E-state index in [2.05, 4.69) is 0 Å². The fourth-order valence-corrected chi connectivity index (χ4v) is 1.95. The van der Waals surface area contributed by atoms with Crippen molar-refractivity contribution in [3.63, 3.8) is 0 Å². The quantitative estimate of drug-likeness (QED) is 0.507. The van der Waals surface area contributed by atoms with Crippen LogP contribution in [0.15, 0.2) is 30.3 Å². The zero-order valence-corrected chi connectivity index (χ0v) is 10.4. The molecule has 0 nitrogen and oxygen atoms in total. The van der Waals surface area contributed by atoms with Gasteiger partial charge in [-0.2, -0.15) is 0 Å². The first-order valence-corrected chi connectivity index (χ1v) is 6.59. The van der Waals surface area contributed by atoms with Crippen LogP contribution in [0.2, 0.25) is 0 Å². The Morgan fingerprint density at radius 3 is 2.06 bits per heavy atom. The Morgan fingerprint density at radius 2 is 1.41 bits per heavy atom. The van der Waals surface area contributed by atoms with Crippen LogP contribution in [-0.4, -0.2) is 6.67 Å². The van der Waals surface area contributed by atoms with Crippen molar-refractivity contribution in [1.29, 1.82) is 0 Å². The molecule has 0 fully saturated rings. The summed E-state index contributed by atoms with van der Waals surface area (Å²) < 4.78 is 25.5. The van der Waals surface area contributed by atoms with Gasteiger partial charge in [-0.05, 0) is 18.4 Å². The molecule has 0 aliphatic rings. The number of alkyl halides is 2. The molecule has 0 aromatic heterocycles. The molecule has 0 aliphatic carbocycles. The van der Waals surface area contributed by atoms with E-state index < -0.39 is 6.17 Å². The second kappa shape index (κ2) is 9.15. The number of hydrogen-bond acceptors (Lipinski definition) is 0. The van der Waals surface area contributed by atoms with Crippen LogP contribution in [0.25, 0.3) is 0 Å². The monoisotopic (exact) mass is 240 g/mol. The van der Waals surface area contributed by atoms with Crippen molar-refractivity contribution >= 4 is 0 Å². The third kappa shape index (κ3) is 6.40. The normalized spacial score (nSPS) is 12.6. The first-order chi connectivity index (χ1) is 8.34. The summed E-state index contributed by atoms with van der Waals surface area (Å²) in [5.41, 5.74) is 0.782. The standard InChI is InChI=1S/C15H22F2/c16-13-9-4-2-1-3-8-12-15(17)14-10-6-5-7-11-14/h5-7,10-11,15H,1-4,8-9,12-13H2. The van der Waals surface area contributed by atoms with Crippen LogP contribution < -0.4 is 0 Å². The molecule has 17 heavy (non-hydrogen) atoms. The average Bonchev–Trinajstić information content (AvgIpc) is 2.38. The van der Waals surface area contributed by atoms with Crippen molar-refractivity contribution in [2.45, 2.75) is 51.1 Å². The number of unbranched alkanes of at least 4 members (excludes halogenated alkanes) is 5. The highest BCUT2D eigenvalue weighted by Gasteiger charge is 2.07. The van der Waals surface area contributed by atoms with Crippen LogP contribution in [0.5, 0.6) is 0 Å². The third-order valence-electron chi connectivity index (χ3n) is 3.00. The molecule has 1 aromatic carbocycles. The number of hydrogen-bond donors (Lipinski definition) is 0. The van der Waals surface area contributed by atoms with Crippen LogP contribution in [0.3, 0.4) is 0 Å². The Morgan fingerprint density at radius 1 is 0.824 bits per heavy atom.